The topological polar surface area (TPSA) is 53.1 Å². The van der Waals surface area contributed by atoms with Crippen LogP contribution in [0.2, 0.25) is 0 Å². The summed E-state index contributed by atoms with van der Waals surface area (Å²) >= 11 is 0. The minimum Gasteiger partial charge on any atom is -0.493 e. The summed E-state index contributed by atoms with van der Waals surface area (Å²) < 4.78 is 7.74. The Morgan fingerprint density at radius 1 is 1.33 bits per heavy atom. The number of rotatable bonds is 7. The summed E-state index contributed by atoms with van der Waals surface area (Å²) in [5, 5.41) is 4.54. The van der Waals surface area contributed by atoms with E-state index in [2.05, 4.69) is 23.6 Å². The highest BCUT2D eigenvalue weighted by Gasteiger charge is 2.34. The van der Waals surface area contributed by atoms with Crippen LogP contribution in [0.5, 0.6) is 5.75 Å². The lowest BCUT2D eigenvalue weighted by molar-refractivity contribution is 0.218. The highest BCUT2D eigenvalue weighted by atomic mass is 16.5. The second-order valence-electron chi connectivity index (χ2n) is 6.39. The van der Waals surface area contributed by atoms with E-state index in [9.17, 15) is 0 Å². The Bertz CT molecular complexity index is 430. The van der Waals surface area contributed by atoms with Gasteiger partial charge >= 0.3 is 0 Å². The number of hydrogen-bond donors (Lipinski definition) is 1. The van der Waals surface area contributed by atoms with Crippen LogP contribution < -0.4 is 10.5 Å². The number of hydrogen-bond acceptors (Lipinski definition) is 3. The van der Waals surface area contributed by atoms with E-state index in [4.69, 9.17) is 10.5 Å². The van der Waals surface area contributed by atoms with Crippen LogP contribution in [-0.2, 0) is 6.54 Å². The number of aromatic nitrogens is 2. The number of nitrogens with two attached hydrogens (primary N) is 1. The largest absolute Gasteiger partial charge is 0.493 e. The maximum Gasteiger partial charge on any atom is 0.160 e. The van der Waals surface area contributed by atoms with Crippen LogP contribution in [0.4, 0.5) is 0 Å². The van der Waals surface area contributed by atoms with Gasteiger partial charge in [-0.3, -0.25) is 4.68 Å². The van der Waals surface area contributed by atoms with Gasteiger partial charge in [-0.1, -0.05) is 33.1 Å². The molecule has 0 bridgehead atoms. The zero-order valence-electron chi connectivity index (χ0n) is 13.8. The molecule has 0 aliphatic heterocycles. The van der Waals surface area contributed by atoms with E-state index in [1.54, 1.807) is 7.11 Å². The van der Waals surface area contributed by atoms with E-state index in [0.717, 1.165) is 31.2 Å². The molecular formula is C17H31N3O. The minimum atomic E-state index is 0.504. The summed E-state index contributed by atoms with van der Waals surface area (Å²) in [6.45, 7) is 6.21. The van der Waals surface area contributed by atoms with Crippen LogP contribution in [0.15, 0.2) is 6.20 Å². The number of nitrogens with zero attached hydrogens (tertiary/aromatic N) is 2. The van der Waals surface area contributed by atoms with Crippen LogP contribution in [0.25, 0.3) is 0 Å². The first-order chi connectivity index (χ1) is 10.2. The van der Waals surface area contributed by atoms with Gasteiger partial charge < -0.3 is 10.5 Å². The Labute approximate surface area is 129 Å². The second-order valence-corrected chi connectivity index (χ2v) is 6.39. The zero-order chi connectivity index (χ0) is 15.2. The molecule has 0 amide bonds. The smallest absolute Gasteiger partial charge is 0.160 e. The number of aryl methyl sites for hydroxylation is 1. The lowest BCUT2D eigenvalue weighted by Crippen LogP contribution is -2.30. The van der Waals surface area contributed by atoms with Crippen LogP contribution in [0.1, 0.15) is 64.0 Å². The van der Waals surface area contributed by atoms with Crippen LogP contribution in [-0.4, -0.2) is 23.4 Å². The van der Waals surface area contributed by atoms with Crippen molar-refractivity contribution < 1.29 is 4.74 Å². The normalized spacial score (nSPS) is 26.0. The van der Waals surface area contributed by atoms with Crippen molar-refractivity contribution in [2.75, 3.05) is 13.7 Å². The molecular weight excluding hydrogens is 262 g/mol. The third-order valence-corrected chi connectivity index (χ3v) is 4.95. The maximum atomic E-state index is 6.06. The number of ether oxygens (including phenoxy) is 1. The first kappa shape index (κ1) is 16.3. The van der Waals surface area contributed by atoms with Gasteiger partial charge in [0, 0.05) is 12.5 Å². The molecule has 1 aliphatic rings. The molecule has 120 valence electrons. The average molecular weight is 293 g/mol. The van der Waals surface area contributed by atoms with Crippen LogP contribution in [0, 0.1) is 11.8 Å². The molecule has 0 saturated heterocycles. The SMILES string of the molecule is CCCC1CCC(CN)C(c2c(OC)cnn2CCC)C1. The summed E-state index contributed by atoms with van der Waals surface area (Å²) in [6.07, 6.45) is 9.39. The fourth-order valence-electron chi connectivity index (χ4n) is 3.91. The fourth-order valence-corrected chi connectivity index (χ4v) is 3.91. The number of methoxy groups -OCH3 is 1. The molecule has 1 aliphatic carbocycles. The molecule has 0 aromatic carbocycles. The monoisotopic (exact) mass is 293 g/mol. The van der Waals surface area contributed by atoms with Crippen LogP contribution >= 0.6 is 0 Å². The van der Waals surface area contributed by atoms with Crippen molar-refractivity contribution in [3.8, 4) is 5.75 Å². The van der Waals surface area contributed by atoms with Gasteiger partial charge in [-0.2, -0.15) is 5.10 Å². The molecule has 0 spiro atoms. The highest BCUT2D eigenvalue weighted by Crippen LogP contribution is 2.44. The first-order valence-electron chi connectivity index (χ1n) is 8.54. The lowest BCUT2D eigenvalue weighted by Gasteiger charge is -2.36. The fraction of sp³-hybridized carbons (Fsp3) is 0.824. The quantitative estimate of drug-likeness (QED) is 0.836. The lowest BCUT2D eigenvalue weighted by atomic mass is 9.71. The van der Waals surface area contributed by atoms with Gasteiger partial charge in [-0.05, 0) is 37.6 Å². The van der Waals surface area contributed by atoms with E-state index in [1.165, 1.54) is 37.8 Å². The molecule has 1 fully saturated rings. The summed E-state index contributed by atoms with van der Waals surface area (Å²) in [5.74, 6) is 2.85. The molecule has 3 unspecified atom stereocenters. The van der Waals surface area contributed by atoms with Gasteiger partial charge in [0.2, 0.25) is 0 Å². The average Bonchev–Trinajstić information content (AvgIpc) is 2.90. The molecule has 1 aromatic rings. The standard InChI is InChI=1S/C17H31N3O/c1-4-6-13-7-8-14(11-18)15(10-13)17-16(21-3)12-19-20(17)9-5-2/h12-15H,4-11,18H2,1-3H3. The molecule has 3 atom stereocenters. The molecule has 4 nitrogen and oxygen atoms in total. The molecule has 0 radical (unpaired) electrons. The van der Waals surface area contributed by atoms with Crippen molar-refractivity contribution in [1.82, 2.24) is 9.78 Å². The predicted molar refractivity (Wildman–Crippen MR) is 86.6 cm³/mol. The molecule has 1 saturated carbocycles. The van der Waals surface area contributed by atoms with Crippen LogP contribution in [0.3, 0.4) is 0 Å². The summed E-state index contributed by atoms with van der Waals surface area (Å²) in [4.78, 5) is 0. The molecule has 1 heterocycles. The Morgan fingerprint density at radius 2 is 2.14 bits per heavy atom. The molecule has 2 rings (SSSR count). The van der Waals surface area contributed by atoms with Crippen molar-refractivity contribution >= 4 is 0 Å². The van der Waals surface area contributed by atoms with Crippen molar-refractivity contribution in [3.05, 3.63) is 11.9 Å². The molecule has 4 heteroatoms. The third kappa shape index (κ3) is 3.60. The van der Waals surface area contributed by atoms with Gasteiger partial charge in [0.25, 0.3) is 0 Å². The van der Waals surface area contributed by atoms with E-state index in [-0.39, 0.29) is 0 Å². The summed E-state index contributed by atoms with van der Waals surface area (Å²) in [5.41, 5.74) is 7.35. The summed E-state index contributed by atoms with van der Waals surface area (Å²) in [7, 11) is 1.75. The first-order valence-corrected chi connectivity index (χ1v) is 8.54. The Hall–Kier alpha value is -1.03. The second kappa shape index (κ2) is 7.83. The Morgan fingerprint density at radius 3 is 2.76 bits per heavy atom. The maximum absolute atomic E-state index is 6.06. The molecule has 2 N–H and O–H groups in total. The van der Waals surface area contributed by atoms with Crippen molar-refractivity contribution in [1.29, 1.82) is 0 Å². The predicted octanol–water partition coefficient (Wildman–Crippen LogP) is 3.56. The van der Waals surface area contributed by atoms with Crippen molar-refractivity contribution in [3.63, 3.8) is 0 Å². The van der Waals surface area contributed by atoms with Gasteiger partial charge in [0.1, 0.15) is 0 Å². The molecule has 1 aromatic heterocycles. The van der Waals surface area contributed by atoms with E-state index >= 15 is 0 Å². The van der Waals surface area contributed by atoms with Gasteiger partial charge in [-0.15, -0.1) is 0 Å². The minimum absolute atomic E-state index is 0.504. The Balaban J connectivity index is 2.28. The van der Waals surface area contributed by atoms with E-state index in [0.29, 0.717) is 11.8 Å². The van der Waals surface area contributed by atoms with Gasteiger partial charge in [0.15, 0.2) is 5.75 Å². The zero-order valence-corrected chi connectivity index (χ0v) is 13.8. The van der Waals surface area contributed by atoms with Crippen molar-refractivity contribution in [2.24, 2.45) is 17.6 Å². The van der Waals surface area contributed by atoms with Gasteiger partial charge in [-0.25, -0.2) is 0 Å². The highest BCUT2D eigenvalue weighted by molar-refractivity contribution is 5.30. The summed E-state index contributed by atoms with van der Waals surface area (Å²) in [6, 6.07) is 0. The van der Waals surface area contributed by atoms with Gasteiger partial charge in [0.05, 0.1) is 19.0 Å². The van der Waals surface area contributed by atoms with E-state index in [1.807, 2.05) is 6.20 Å². The molecule has 21 heavy (non-hydrogen) atoms. The van der Waals surface area contributed by atoms with Crippen molar-refractivity contribution in [2.45, 2.75) is 64.8 Å². The Kier molecular flexibility index (Phi) is 6.09. The van der Waals surface area contributed by atoms with E-state index < -0.39 is 0 Å². The third-order valence-electron chi connectivity index (χ3n) is 4.95.